The van der Waals surface area contributed by atoms with Crippen LogP contribution in [-0.4, -0.2) is 25.3 Å². The van der Waals surface area contributed by atoms with Crippen LogP contribution in [0.25, 0.3) is 0 Å². The lowest BCUT2D eigenvalue weighted by Crippen LogP contribution is -2.01. The molecule has 4 heteroatoms. The summed E-state index contributed by atoms with van der Waals surface area (Å²) >= 11 is 0. The van der Waals surface area contributed by atoms with Crippen molar-refractivity contribution in [3.8, 4) is 0 Å². The maximum atomic E-state index is 5.59. The first-order chi connectivity index (χ1) is 6.83. The number of anilines is 1. The summed E-state index contributed by atoms with van der Waals surface area (Å²) in [6.45, 7) is 1.92. The van der Waals surface area contributed by atoms with E-state index in [4.69, 9.17) is 15.2 Å². The van der Waals surface area contributed by atoms with Gasteiger partial charge in [-0.2, -0.15) is 0 Å². The molecule has 0 unspecified atom stereocenters. The zero-order valence-electron chi connectivity index (χ0n) is 8.40. The normalized spacial score (nSPS) is 10.4. The number of nitrogen functional groups attached to an aromatic ring is 1. The van der Waals surface area contributed by atoms with E-state index in [1.54, 1.807) is 19.4 Å². The van der Waals surface area contributed by atoms with E-state index >= 15 is 0 Å². The van der Waals surface area contributed by atoms with Crippen LogP contribution in [0.15, 0.2) is 18.3 Å². The Morgan fingerprint density at radius 3 is 3.00 bits per heavy atom. The monoisotopic (exact) mass is 196 g/mol. The van der Waals surface area contributed by atoms with Crippen LogP contribution in [0.2, 0.25) is 0 Å². The first-order valence-corrected chi connectivity index (χ1v) is 4.60. The second-order valence-corrected chi connectivity index (χ2v) is 2.98. The standard InChI is InChI=1S/C10H16N2O2/c1-13-5-2-6-14-8-10-7-9(11)3-4-12-10/h3-4,7H,2,5-6,8H2,1H3,(H2,11,12). The van der Waals surface area contributed by atoms with Gasteiger partial charge < -0.3 is 15.2 Å². The number of hydrogen-bond acceptors (Lipinski definition) is 4. The van der Waals surface area contributed by atoms with E-state index in [0.29, 0.717) is 13.2 Å². The van der Waals surface area contributed by atoms with Gasteiger partial charge in [0.25, 0.3) is 0 Å². The van der Waals surface area contributed by atoms with Crippen LogP contribution in [0.3, 0.4) is 0 Å². The second kappa shape index (κ2) is 6.34. The molecule has 1 aromatic rings. The molecule has 0 bridgehead atoms. The summed E-state index contributed by atoms with van der Waals surface area (Å²) in [5.41, 5.74) is 7.18. The third kappa shape index (κ3) is 4.20. The van der Waals surface area contributed by atoms with Crippen molar-refractivity contribution in [2.45, 2.75) is 13.0 Å². The van der Waals surface area contributed by atoms with Gasteiger partial charge in [0.1, 0.15) is 0 Å². The highest BCUT2D eigenvalue weighted by Crippen LogP contribution is 2.04. The summed E-state index contributed by atoms with van der Waals surface area (Å²) in [6, 6.07) is 3.57. The summed E-state index contributed by atoms with van der Waals surface area (Å²) in [6.07, 6.45) is 2.59. The van der Waals surface area contributed by atoms with Gasteiger partial charge in [-0.3, -0.25) is 4.98 Å². The second-order valence-electron chi connectivity index (χ2n) is 2.98. The first-order valence-electron chi connectivity index (χ1n) is 4.60. The van der Waals surface area contributed by atoms with Crippen molar-refractivity contribution in [2.24, 2.45) is 0 Å². The molecule has 0 amide bonds. The van der Waals surface area contributed by atoms with Gasteiger partial charge >= 0.3 is 0 Å². The van der Waals surface area contributed by atoms with Gasteiger partial charge in [0.05, 0.1) is 12.3 Å². The number of nitrogens with two attached hydrogens (primary N) is 1. The lowest BCUT2D eigenvalue weighted by Gasteiger charge is -2.03. The number of aromatic nitrogens is 1. The van der Waals surface area contributed by atoms with Gasteiger partial charge in [-0.05, 0) is 18.6 Å². The summed E-state index contributed by atoms with van der Waals surface area (Å²) in [4.78, 5) is 4.12. The van der Waals surface area contributed by atoms with Crippen molar-refractivity contribution >= 4 is 5.69 Å². The Morgan fingerprint density at radius 2 is 2.29 bits per heavy atom. The molecule has 0 spiro atoms. The lowest BCUT2D eigenvalue weighted by atomic mass is 10.3. The molecule has 1 rings (SSSR count). The molecule has 0 saturated carbocycles. The SMILES string of the molecule is COCCCOCc1cc(N)ccn1. The van der Waals surface area contributed by atoms with Crippen molar-refractivity contribution < 1.29 is 9.47 Å². The Bertz CT molecular complexity index is 266. The molecule has 0 aliphatic carbocycles. The number of hydrogen-bond donors (Lipinski definition) is 1. The van der Waals surface area contributed by atoms with E-state index in [2.05, 4.69) is 4.98 Å². The Hall–Kier alpha value is -1.13. The van der Waals surface area contributed by atoms with Crippen LogP contribution < -0.4 is 5.73 Å². The van der Waals surface area contributed by atoms with E-state index in [9.17, 15) is 0 Å². The van der Waals surface area contributed by atoms with E-state index in [1.165, 1.54) is 0 Å². The van der Waals surface area contributed by atoms with Gasteiger partial charge in [-0.15, -0.1) is 0 Å². The maximum absolute atomic E-state index is 5.59. The molecule has 0 aliphatic heterocycles. The molecule has 0 aliphatic rings. The smallest absolute Gasteiger partial charge is 0.0888 e. The third-order valence-corrected chi connectivity index (χ3v) is 1.73. The van der Waals surface area contributed by atoms with Crippen LogP contribution in [0.1, 0.15) is 12.1 Å². The molecular formula is C10H16N2O2. The van der Waals surface area contributed by atoms with Gasteiger partial charge in [0.15, 0.2) is 0 Å². The van der Waals surface area contributed by atoms with Crippen molar-refractivity contribution in [3.63, 3.8) is 0 Å². The topological polar surface area (TPSA) is 57.4 Å². The number of methoxy groups -OCH3 is 1. The summed E-state index contributed by atoms with van der Waals surface area (Å²) in [5, 5.41) is 0. The van der Waals surface area contributed by atoms with Crippen molar-refractivity contribution in [2.75, 3.05) is 26.1 Å². The fourth-order valence-electron chi connectivity index (χ4n) is 1.06. The average molecular weight is 196 g/mol. The molecule has 1 heterocycles. The highest BCUT2D eigenvalue weighted by atomic mass is 16.5. The van der Waals surface area contributed by atoms with E-state index < -0.39 is 0 Å². The Balaban J connectivity index is 2.18. The summed E-state index contributed by atoms with van der Waals surface area (Å²) < 4.78 is 10.3. The molecule has 2 N–H and O–H groups in total. The van der Waals surface area contributed by atoms with E-state index in [-0.39, 0.29) is 0 Å². The van der Waals surface area contributed by atoms with Crippen molar-refractivity contribution in [3.05, 3.63) is 24.0 Å². The molecule has 0 saturated heterocycles. The van der Waals surface area contributed by atoms with E-state index in [0.717, 1.165) is 24.4 Å². The number of ether oxygens (including phenoxy) is 2. The molecule has 0 atom stereocenters. The zero-order chi connectivity index (χ0) is 10.2. The lowest BCUT2D eigenvalue weighted by molar-refractivity contribution is 0.0911. The first kappa shape index (κ1) is 10.9. The Morgan fingerprint density at radius 1 is 1.43 bits per heavy atom. The predicted molar refractivity (Wildman–Crippen MR) is 54.8 cm³/mol. The van der Waals surface area contributed by atoms with Crippen molar-refractivity contribution in [1.29, 1.82) is 0 Å². The number of nitrogens with zero attached hydrogens (tertiary/aromatic N) is 1. The van der Waals surface area contributed by atoms with Gasteiger partial charge in [0.2, 0.25) is 0 Å². The number of pyridine rings is 1. The molecule has 1 aromatic heterocycles. The Kier molecular flexibility index (Phi) is 4.96. The van der Waals surface area contributed by atoms with Crippen LogP contribution in [-0.2, 0) is 16.1 Å². The van der Waals surface area contributed by atoms with Gasteiger partial charge in [0, 0.05) is 32.2 Å². The summed E-state index contributed by atoms with van der Waals surface area (Å²) in [5.74, 6) is 0. The maximum Gasteiger partial charge on any atom is 0.0888 e. The molecule has 4 nitrogen and oxygen atoms in total. The molecule has 0 fully saturated rings. The molecule has 78 valence electrons. The minimum atomic E-state index is 0.509. The van der Waals surface area contributed by atoms with Gasteiger partial charge in [-0.25, -0.2) is 0 Å². The highest BCUT2D eigenvalue weighted by molar-refractivity contribution is 5.36. The number of rotatable bonds is 6. The molecule has 0 radical (unpaired) electrons. The van der Waals surface area contributed by atoms with Crippen LogP contribution >= 0.6 is 0 Å². The Labute approximate surface area is 84.0 Å². The zero-order valence-corrected chi connectivity index (χ0v) is 8.40. The van der Waals surface area contributed by atoms with Crippen molar-refractivity contribution in [1.82, 2.24) is 4.98 Å². The molecular weight excluding hydrogens is 180 g/mol. The fourth-order valence-corrected chi connectivity index (χ4v) is 1.06. The van der Waals surface area contributed by atoms with Crippen LogP contribution in [0.5, 0.6) is 0 Å². The molecule has 0 aromatic carbocycles. The predicted octanol–water partition coefficient (Wildman–Crippen LogP) is 1.22. The highest BCUT2D eigenvalue weighted by Gasteiger charge is 1.95. The summed E-state index contributed by atoms with van der Waals surface area (Å²) in [7, 11) is 1.68. The third-order valence-electron chi connectivity index (χ3n) is 1.73. The largest absolute Gasteiger partial charge is 0.399 e. The molecule has 14 heavy (non-hydrogen) atoms. The van der Waals surface area contributed by atoms with Crippen LogP contribution in [0.4, 0.5) is 5.69 Å². The van der Waals surface area contributed by atoms with Gasteiger partial charge in [-0.1, -0.05) is 0 Å². The minimum absolute atomic E-state index is 0.509. The quantitative estimate of drug-likeness (QED) is 0.695. The minimum Gasteiger partial charge on any atom is -0.399 e. The van der Waals surface area contributed by atoms with Crippen LogP contribution in [0, 0.1) is 0 Å². The fraction of sp³-hybridized carbons (Fsp3) is 0.500. The average Bonchev–Trinajstić information content (AvgIpc) is 2.18. The van der Waals surface area contributed by atoms with E-state index in [1.807, 2.05) is 6.07 Å².